The molecule has 0 heterocycles. The molecule has 2 aromatic carbocycles. The number of aryl methyl sites for hydroxylation is 1. The van der Waals surface area contributed by atoms with Gasteiger partial charge in [-0.15, -0.1) is 0 Å². The number of rotatable bonds is 8. The van der Waals surface area contributed by atoms with Crippen LogP contribution >= 0.6 is 0 Å². The Morgan fingerprint density at radius 1 is 1.14 bits per heavy atom. The van der Waals surface area contributed by atoms with Crippen LogP contribution in [0.15, 0.2) is 58.4 Å². The van der Waals surface area contributed by atoms with Crippen LogP contribution in [0.1, 0.15) is 18.1 Å². The van der Waals surface area contributed by atoms with Crippen molar-refractivity contribution >= 4 is 16.0 Å². The second-order valence-electron chi connectivity index (χ2n) is 6.95. The van der Waals surface area contributed by atoms with Crippen molar-refractivity contribution in [1.29, 1.82) is 0 Å². The van der Waals surface area contributed by atoms with Crippen LogP contribution in [0.5, 0.6) is 5.75 Å². The van der Waals surface area contributed by atoms with Crippen molar-refractivity contribution in [3.05, 3.63) is 59.7 Å². The molecule has 0 spiro atoms. The van der Waals surface area contributed by atoms with E-state index in [0.717, 1.165) is 11.3 Å². The maximum Gasteiger partial charge on any atom is 0.242 e. The monoisotopic (exact) mass is 418 g/mol. The van der Waals surface area contributed by atoms with Crippen LogP contribution in [0.4, 0.5) is 0 Å². The van der Waals surface area contributed by atoms with Crippen LogP contribution in [-0.4, -0.2) is 52.5 Å². The Bertz CT molecular complexity index is 942. The fraction of sp³-hybridized carbons (Fsp3) is 0.381. The molecule has 0 saturated heterocycles. The van der Waals surface area contributed by atoms with E-state index in [1.54, 1.807) is 25.2 Å². The normalized spacial score (nSPS) is 13.2. The minimum atomic E-state index is -3.51. The first-order chi connectivity index (χ1) is 13.7. The van der Waals surface area contributed by atoms with E-state index in [9.17, 15) is 8.42 Å². The number of nitrogens with one attached hydrogen (secondary N) is 2. The Labute approximate surface area is 173 Å². The fourth-order valence-corrected chi connectivity index (χ4v) is 3.82. The van der Waals surface area contributed by atoms with Crippen molar-refractivity contribution in [3.8, 4) is 5.75 Å². The van der Waals surface area contributed by atoms with Gasteiger partial charge in [0.05, 0.1) is 11.4 Å². The van der Waals surface area contributed by atoms with Crippen molar-refractivity contribution in [3.63, 3.8) is 0 Å². The van der Waals surface area contributed by atoms with Gasteiger partial charge in [0, 0.05) is 27.7 Å². The molecule has 0 radical (unpaired) electrons. The van der Waals surface area contributed by atoms with Crippen LogP contribution < -0.4 is 15.4 Å². The SMILES string of the molecule is CN=C(NCc1ccccc1S(=O)(=O)N(C)C)NCC(C)Oc1cccc(C)c1. The van der Waals surface area contributed by atoms with Gasteiger partial charge in [0.2, 0.25) is 10.0 Å². The summed E-state index contributed by atoms with van der Waals surface area (Å²) >= 11 is 0. The molecule has 0 aliphatic rings. The lowest BCUT2D eigenvalue weighted by molar-refractivity contribution is 0.223. The summed E-state index contributed by atoms with van der Waals surface area (Å²) in [7, 11) is 1.20. The van der Waals surface area contributed by atoms with Gasteiger partial charge in [-0.3, -0.25) is 4.99 Å². The first-order valence-electron chi connectivity index (χ1n) is 9.42. The third kappa shape index (κ3) is 6.47. The lowest BCUT2D eigenvalue weighted by atomic mass is 10.2. The summed E-state index contributed by atoms with van der Waals surface area (Å²) < 4.78 is 32.2. The third-order valence-corrected chi connectivity index (χ3v) is 6.20. The Hall–Kier alpha value is -2.58. The van der Waals surface area contributed by atoms with E-state index in [2.05, 4.69) is 15.6 Å². The maximum atomic E-state index is 12.5. The Balaban J connectivity index is 1.95. The molecule has 0 aliphatic heterocycles. The van der Waals surface area contributed by atoms with Gasteiger partial charge in [-0.2, -0.15) is 0 Å². The maximum absolute atomic E-state index is 12.5. The average Bonchev–Trinajstić information content (AvgIpc) is 2.68. The van der Waals surface area contributed by atoms with Crippen molar-refractivity contribution in [2.45, 2.75) is 31.4 Å². The largest absolute Gasteiger partial charge is 0.489 e. The van der Waals surface area contributed by atoms with Gasteiger partial charge >= 0.3 is 0 Å². The second-order valence-corrected chi connectivity index (χ2v) is 9.07. The van der Waals surface area contributed by atoms with Crippen LogP contribution in [0.25, 0.3) is 0 Å². The van der Waals surface area contributed by atoms with E-state index in [0.29, 0.717) is 24.6 Å². The molecule has 2 rings (SSSR count). The quantitative estimate of drug-likeness (QED) is 0.508. The molecule has 0 bridgehead atoms. The third-order valence-electron chi connectivity index (χ3n) is 4.28. The van der Waals surface area contributed by atoms with Crippen LogP contribution in [-0.2, 0) is 16.6 Å². The van der Waals surface area contributed by atoms with E-state index in [1.165, 1.54) is 18.4 Å². The van der Waals surface area contributed by atoms with Gasteiger partial charge in [0.15, 0.2) is 5.96 Å². The van der Waals surface area contributed by atoms with Gasteiger partial charge in [0.25, 0.3) is 0 Å². The molecule has 7 nitrogen and oxygen atoms in total. The molecule has 0 aromatic heterocycles. The van der Waals surface area contributed by atoms with Crippen molar-refractivity contribution in [1.82, 2.24) is 14.9 Å². The molecule has 0 aliphatic carbocycles. The van der Waals surface area contributed by atoms with Crippen LogP contribution in [0.2, 0.25) is 0 Å². The van der Waals surface area contributed by atoms with Gasteiger partial charge in [-0.25, -0.2) is 12.7 Å². The molecule has 2 aromatic rings. The zero-order valence-corrected chi connectivity index (χ0v) is 18.5. The molecule has 0 fully saturated rings. The molecule has 2 N–H and O–H groups in total. The smallest absolute Gasteiger partial charge is 0.242 e. The van der Waals surface area contributed by atoms with Gasteiger partial charge in [0.1, 0.15) is 11.9 Å². The molecule has 29 heavy (non-hydrogen) atoms. The van der Waals surface area contributed by atoms with Crippen LogP contribution in [0.3, 0.4) is 0 Å². The van der Waals surface area contributed by atoms with Crippen molar-refractivity contribution in [2.24, 2.45) is 4.99 Å². The summed E-state index contributed by atoms with van der Waals surface area (Å²) in [5, 5.41) is 6.38. The Morgan fingerprint density at radius 3 is 2.52 bits per heavy atom. The highest BCUT2D eigenvalue weighted by Gasteiger charge is 2.20. The molecular formula is C21H30N4O3S. The fourth-order valence-electron chi connectivity index (χ4n) is 2.70. The van der Waals surface area contributed by atoms with E-state index in [1.807, 2.05) is 44.2 Å². The Morgan fingerprint density at radius 2 is 1.86 bits per heavy atom. The predicted octanol–water partition coefficient (Wildman–Crippen LogP) is 2.38. The summed E-state index contributed by atoms with van der Waals surface area (Å²) in [6, 6.07) is 14.8. The second kappa shape index (κ2) is 10.3. The van der Waals surface area contributed by atoms with E-state index >= 15 is 0 Å². The molecule has 158 valence electrons. The summed E-state index contributed by atoms with van der Waals surface area (Å²) in [6.07, 6.45) is -0.0724. The topological polar surface area (TPSA) is 83.0 Å². The molecular weight excluding hydrogens is 388 g/mol. The number of hydrogen-bond donors (Lipinski definition) is 2. The highest BCUT2D eigenvalue weighted by atomic mass is 32.2. The van der Waals surface area contributed by atoms with E-state index < -0.39 is 10.0 Å². The summed E-state index contributed by atoms with van der Waals surface area (Å²) in [5.74, 6) is 1.40. The summed E-state index contributed by atoms with van der Waals surface area (Å²) in [5.41, 5.74) is 1.82. The number of nitrogens with zero attached hydrogens (tertiary/aromatic N) is 2. The molecule has 8 heteroatoms. The summed E-state index contributed by atoms with van der Waals surface area (Å²) in [4.78, 5) is 4.48. The van der Waals surface area contributed by atoms with Gasteiger partial charge < -0.3 is 15.4 Å². The number of sulfonamides is 1. The van der Waals surface area contributed by atoms with Crippen molar-refractivity contribution < 1.29 is 13.2 Å². The van der Waals surface area contributed by atoms with Crippen LogP contribution in [0, 0.1) is 6.92 Å². The number of benzene rings is 2. The molecule has 0 amide bonds. The van der Waals surface area contributed by atoms with Gasteiger partial charge in [-0.1, -0.05) is 30.3 Å². The standard InChI is InChI=1S/C21H30N4O3S/c1-16-9-8-11-19(13-16)28-17(2)14-23-21(22-3)24-15-18-10-6-7-12-20(18)29(26,27)25(4)5/h6-13,17H,14-15H2,1-5H3,(H2,22,23,24). The molecule has 1 unspecified atom stereocenters. The van der Waals surface area contributed by atoms with E-state index in [4.69, 9.17) is 4.74 Å². The first kappa shape index (κ1) is 22.7. The lowest BCUT2D eigenvalue weighted by Crippen LogP contribution is -2.41. The zero-order valence-electron chi connectivity index (χ0n) is 17.6. The summed E-state index contributed by atoms with van der Waals surface area (Å²) in [6.45, 7) is 4.87. The number of guanidine groups is 1. The Kier molecular flexibility index (Phi) is 8.04. The number of aliphatic imine (C=N–C) groups is 1. The average molecular weight is 419 g/mol. The molecule has 1 atom stereocenters. The molecule has 0 saturated carbocycles. The van der Waals surface area contributed by atoms with Gasteiger partial charge in [-0.05, 0) is 43.2 Å². The minimum Gasteiger partial charge on any atom is -0.489 e. The minimum absolute atomic E-state index is 0.0724. The zero-order chi connectivity index (χ0) is 21.4. The van der Waals surface area contributed by atoms with Crippen molar-refractivity contribution in [2.75, 3.05) is 27.7 Å². The first-order valence-corrected chi connectivity index (χ1v) is 10.9. The van der Waals surface area contributed by atoms with E-state index in [-0.39, 0.29) is 11.0 Å². The highest BCUT2D eigenvalue weighted by Crippen LogP contribution is 2.18. The number of ether oxygens (including phenoxy) is 1. The number of hydrogen-bond acceptors (Lipinski definition) is 4. The predicted molar refractivity (Wildman–Crippen MR) is 117 cm³/mol. The highest BCUT2D eigenvalue weighted by molar-refractivity contribution is 7.89. The lowest BCUT2D eigenvalue weighted by Gasteiger charge is -2.19.